The van der Waals surface area contributed by atoms with Gasteiger partial charge in [0, 0.05) is 15.8 Å². The molecule has 0 unspecified atom stereocenters. The van der Waals surface area contributed by atoms with Gasteiger partial charge in [0.2, 0.25) is 5.91 Å². The zero-order valence-corrected chi connectivity index (χ0v) is 14.4. The molecule has 1 heterocycles. The minimum atomic E-state index is -2.95. The molecule has 0 aliphatic rings. The number of hydrogen-bond donors (Lipinski definition) is 1. The van der Waals surface area contributed by atoms with Crippen LogP contribution in [-0.4, -0.2) is 12.5 Å². The van der Waals surface area contributed by atoms with Crippen LogP contribution in [-0.2, 0) is 4.79 Å². The highest BCUT2D eigenvalue weighted by atomic mass is 32.1. The maximum atomic E-state index is 12.4. The van der Waals surface area contributed by atoms with Gasteiger partial charge in [-0.25, -0.2) is 0 Å². The molecule has 0 atom stereocenters. The molecule has 0 saturated heterocycles. The molecule has 3 rings (SSSR count). The van der Waals surface area contributed by atoms with E-state index in [1.165, 1.54) is 18.2 Å². The zero-order chi connectivity index (χ0) is 18.4. The summed E-state index contributed by atoms with van der Waals surface area (Å²) in [6.45, 7) is -2.95. The summed E-state index contributed by atoms with van der Waals surface area (Å²) in [4.78, 5) is 14.1. The van der Waals surface area contributed by atoms with Gasteiger partial charge < -0.3 is 10.1 Å². The van der Waals surface area contributed by atoms with Gasteiger partial charge in [-0.15, -0.1) is 11.3 Å². The number of benzene rings is 2. The second kappa shape index (κ2) is 8.40. The molecule has 0 bridgehead atoms. The lowest BCUT2D eigenvalue weighted by molar-refractivity contribution is -0.111. The van der Waals surface area contributed by atoms with Crippen LogP contribution in [0, 0.1) is 0 Å². The van der Waals surface area contributed by atoms with Crippen LogP contribution in [0.5, 0.6) is 5.75 Å². The lowest BCUT2D eigenvalue weighted by Gasteiger charge is -2.10. The maximum absolute atomic E-state index is 12.4. The largest absolute Gasteiger partial charge is 0.433 e. The van der Waals surface area contributed by atoms with Gasteiger partial charge >= 0.3 is 6.61 Å². The third kappa shape index (κ3) is 4.77. The Hall–Kier alpha value is -2.99. The second-order valence-corrected chi connectivity index (χ2v) is 6.38. The molecule has 6 heteroatoms. The molecule has 132 valence electrons. The first-order chi connectivity index (χ1) is 12.6. The van der Waals surface area contributed by atoms with Gasteiger partial charge in [0.1, 0.15) is 5.75 Å². The van der Waals surface area contributed by atoms with E-state index in [2.05, 4.69) is 10.1 Å². The van der Waals surface area contributed by atoms with Crippen molar-refractivity contribution in [3.63, 3.8) is 0 Å². The summed E-state index contributed by atoms with van der Waals surface area (Å²) < 4.78 is 29.2. The highest BCUT2D eigenvalue weighted by molar-refractivity contribution is 7.16. The smallest absolute Gasteiger partial charge is 0.387 e. The number of hydrogen-bond acceptors (Lipinski definition) is 3. The molecule has 2 aromatic carbocycles. The fourth-order valence-corrected chi connectivity index (χ4v) is 3.22. The first kappa shape index (κ1) is 17.8. The van der Waals surface area contributed by atoms with Gasteiger partial charge in [-0.1, -0.05) is 42.5 Å². The van der Waals surface area contributed by atoms with E-state index in [1.54, 1.807) is 29.5 Å². The standard InChI is InChI=1S/C20H15F2NO2S/c21-20(22)25-17-9-5-4-8-16(17)23-19(24)13-11-15-10-12-18(26-15)14-6-2-1-3-7-14/h1-13,20H,(H,23,24)/b13-11+. The van der Waals surface area contributed by atoms with Gasteiger partial charge in [0.15, 0.2) is 0 Å². The average molecular weight is 371 g/mol. The molecule has 1 amide bonds. The number of ether oxygens (including phenoxy) is 1. The van der Waals surface area contributed by atoms with Gasteiger partial charge in [0.25, 0.3) is 0 Å². The van der Waals surface area contributed by atoms with E-state index in [4.69, 9.17) is 0 Å². The van der Waals surface area contributed by atoms with E-state index in [0.29, 0.717) is 0 Å². The number of anilines is 1. The number of nitrogens with one attached hydrogen (secondary N) is 1. The fraction of sp³-hybridized carbons (Fsp3) is 0.0500. The third-order valence-corrected chi connectivity index (χ3v) is 4.54. The predicted molar refractivity (Wildman–Crippen MR) is 100 cm³/mol. The Morgan fingerprint density at radius 3 is 2.50 bits per heavy atom. The van der Waals surface area contributed by atoms with Crippen LogP contribution in [0.15, 0.2) is 72.8 Å². The predicted octanol–water partition coefficient (Wildman–Crippen LogP) is 5.67. The highest BCUT2D eigenvalue weighted by Crippen LogP contribution is 2.29. The molecule has 1 aromatic heterocycles. The van der Waals surface area contributed by atoms with E-state index in [-0.39, 0.29) is 11.4 Å². The molecule has 26 heavy (non-hydrogen) atoms. The minimum Gasteiger partial charge on any atom is -0.433 e. The third-order valence-electron chi connectivity index (χ3n) is 3.45. The van der Waals surface area contributed by atoms with Gasteiger partial charge in [-0.2, -0.15) is 8.78 Å². The van der Waals surface area contributed by atoms with E-state index in [1.807, 2.05) is 42.5 Å². The first-order valence-electron chi connectivity index (χ1n) is 7.80. The van der Waals surface area contributed by atoms with Crippen LogP contribution in [0.3, 0.4) is 0 Å². The van der Waals surface area contributed by atoms with Crippen molar-refractivity contribution in [2.75, 3.05) is 5.32 Å². The van der Waals surface area contributed by atoms with Crippen LogP contribution in [0.1, 0.15) is 4.88 Å². The normalized spacial score (nSPS) is 11.0. The first-order valence-corrected chi connectivity index (χ1v) is 8.61. The Morgan fingerprint density at radius 1 is 1.00 bits per heavy atom. The van der Waals surface area contributed by atoms with Crippen LogP contribution < -0.4 is 10.1 Å². The van der Waals surface area contributed by atoms with Crippen molar-refractivity contribution in [3.05, 3.63) is 77.7 Å². The second-order valence-electron chi connectivity index (χ2n) is 5.27. The number of carbonyl (C=O) groups excluding carboxylic acids is 1. The summed E-state index contributed by atoms with van der Waals surface area (Å²) in [5.74, 6) is -0.503. The zero-order valence-electron chi connectivity index (χ0n) is 13.6. The summed E-state index contributed by atoms with van der Waals surface area (Å²) in [7, 11) is 0. The van der Waals surface area contributed by atoms with E-state index >= 15 is 0 Å². The van der Waals surface area contributed by atoms with Crippen LogP contribution in [0.2, 0.25) is 0 Å². The van der Waals surface area contributed by atoms with Crippen molar-refractivity contribution in [2.45, 2.75) is 6.61 Å². The summed E-state index contributed by atoms with van der Waals surface area (Å²) in [6, 6.07) is 19.9. The molecule has 0 saturated carbocycles. The summed E-state index contributed by atoms with van der Waals surface area (Å²) in [5.41, 5.74) is 1.30. The summed E-state index contributed by atoms with van der Waals surface area (Å²) in [5, 5.41) is 2.55. The number of carbonyl (C=O) groups is 1. The number of thiophene rings is 1. The molecule has 0 fully saturated rings. The Balaban J connectivity index is 1.67. The average Bonchev–Trinajstić information content (AvgIpc) is 3.11. The van der Waals surface area contributed by atoms with Crippen LogP contribution in [0.25, 0.3) is 16.5 Å². The SMILES string of the molecule is O=C(/C=C/c1ccc(-c2ccccc2)s1)Nc1ccccc1OC(F)F. The van der Waals surface area contributed by atoms with Crippen molar-refractivity contribution >= 4 is 29.0 Å². The van der Waals surface area contributed by atoms with Gasteiger partial charge in [-0.3, -0.25) is 4.79 Å². The fourth-order valence-electron chi connectivity index (χ4n) is 2.30. The molecule has 3 nitrogen and oxygen atoms in total. The number of rotatable bonds is 6. The monoisotopic (exact) mass is 371 g/mol. The number of halogens is 2. The van der Waals surface area contributed by atoms with Crippen molar-refractivity contribution < 1.29 is 18.3 Å². The number of para-hydroxylation sites is 2. The van der Waals surface area contributed by atoms with Crippen LogP contribution in [0.4, 0.5) is 14.5 Å². The molecular weight excluding hydrogens is 356 g/mol. The van der Waals surface area contributed by atoms with E-state index < -0.39 is 12.5 Å². The molecule has 0 aliphatic heterocycles. The van der Waals surface area contributed by atoms with Crippen molar-refractivity contribution in [3.8, 4) is 16.2 Å². The number of alkyl halides is 2. The Morgan fingerprint density at radius 2 is 1.73 bits per heavy atom. The van der Waals surface area contributed by atoms with Gasteiger partial charge in [-0.05, 0) is 35.9 Å². The Labute approximate surface area is 153 Å². The van der Waals surface area contributed by atoms with Crippen molar-refractivity contribution in [1.82, 2.24) is 0 Å². The molecule has 0 spiro atoms. The summed E-state index contributed by atoms with van der Waals surface area (Å²) >= 11 is 1.56. The quantitative estimate of drug-likeness (QED) is 0.567. The lowest BCUT2D eigenvalue weighted by atomic mass is 10.2. The van der Waals surface area contributed by atoms with Crippen LogP contribution >= 0.6 is 11.3 Å². The topological polar surface area (TPSA) is 38.3 Å². The number of amides is 1. The Kier molecular flexibility index (Phi) is 5.76. The maximum Gasteiger partial charge on any atom is 0.387 e. The Bertz CT molecular complexity index is 907. The summed E-state index contributed by atoms with van der Waals surface area (Å²) in [6.07, 6.45) is 3.04. The molecular formula is C20H15F2NO2S. The molecule has 0 aliphatic carbocycles. The minimum absolute atomic E-state index is 0.0771. The molecule has 1 N–H and O–H groups in total. The van der Waals surface area contributed by atoms with E-state index in [0.717, 1.165) is 15.3 Å². The molecule has 0 radical (unpaired) electrons. The lowest BCUT2D eigenvalue weighted by Crippen LogP contribution is -2.11. The van der Waals surface area contributed by atoms with E-state index in [9.17, 15) is 13.6 Å². The van der Waals surface area contributed by atoms with Crippen molar-refractivity contribution in [1.29, 1.82) is 0 Å². The van der Waals surface area contributed by atoms with Gasteiger partial charge in [0.05, 0.1) is 5.69 Å². The van der Waals surface area contributed by atoms with Crippen molar-refractivity contribution in [2.24, 2.45) is 0 Å². The molecule has 3 aromatic rings. The highest BCUT2D eigenvalue weighted by Gasteiger charge is 2.10.